The van der Waals surface area contributed by atoms with Gasteiger partial charge < -0.3 is 25.9 Å². The number of nitrogens with zero attached hydrogens (tertiary/aromatic N) is 3. The molecule has 0 saturated carbocycles. The summed E-state index contributed by atoms with van der Waals surface area (Å²) < 4.78 is 7.09. The zero-order valence-corrected chi connectivity index (χ0v) is 17.6. The Bertz CT molecular complexity index is 1070. The zero-order chi connectivity index (χ0) is 22.2. The van der Waals surface area contributed by atoms with Crippen LogP contribution in [0.2, 0.25) is 0 Å². The Kier molecular flexibility index (Phi) is 7.60. The number of aromatic amines is 1. The van der Waals surface area contributed by atoms with E-state index in [9.17, 15) is 9.59 Å². The van der Waals surface area contributed by atoms with Crippen molar-refractivity contribution in [2.24, 2.45) is 0 Å². The van der Waals surface area contributed by atoms with Gasteiger partial charge in [0.2, 0.25) is 0 Å². The molecule has 10 heteroatoms. The first kappa shape index (κ1) is 22.3. The molecule has 0 unspecified atom stereocenters. The van der Waals surface area contributed by atoms with Crippen LogP contribution in [-0.4, -0.2) is 43.7 Å². The first-order valence-corrected chi connectivity index (χ1v) is 10.4. The van der Waals surface area contributed by atoms with E-state index in [4.69, 9.17) is 15.6 Å². The Morgan fingerprint density at radius 1 is 1.23 bits per heavy atom. The van der Waals surface area contributed by atoms with Crippen LogP contribution in [0.25, 0.3) is 11.2 Å². The molecule has 0 aliphatic rings. The highest BCUT2D eigenvalue weighted by Gasteiger charge is 2.14. The van der Waals surface area contributed by atoms with E-state index in [1.54, 1.807) is 4.57 Å². The van der Waals surface area contributed by atoms with Crippen LogP contribution in [-0.2, 0) is 24.3 Å². The van der Waals surface area contributed by atoms with E-state index in [1.165, 1.54) is 0 Å². The van der Waals surface area contributed by atoms with Crippen LogP contribution in [0.15, 0.2) is 29.1 Å². The fraction of sp³-hybridized carbons (Fsp3) is 0.429. The van der Waals surface area contributed by atoms with Gasteiger partial charge in [0, 0.05) is 13.1 Å². The van der Waals surface area contributed by atoms with Crippen molar-refractivity contribution < 1.29 is 14.6 Å². The summed E-state index contributed by atoms with van der Waals surface area (Å²) in [6, 6.07) is 7.64. The van der Waals surface area contributed by atoms with Gasteiger partial charge in [-0.2, -0.15) is 9.97 Å². The molecule has 1 aromatic carbocycles. The van der Waals surface area contributed by atoms with Crippen LogP contribution in [0.5, 0.6) is 6.01 Å². The molecule has 0 fully saturated rings. The summed E-state index contributed by atoms with van der Waals surface area (Å²) in [5, 5.41) is 12.1. The fourth-order valence-corrected chi connectivity index (χ4v) is 3.16. The summed E-state index contributed by atoms with van der Waals surface area (Å²) in [6.45, 7) is 4.37. The minimum absolute atomic E-state index is 0.0203. The number of hydrogen-bond acceptors (Lipinski definition) is 7. The molecule has 0 bridgehead atoms. The molecular weight excluding hydrogens is 400 g/mol. The maximum Gasteiger partial charge on any atom is 0.327 e. The average molecular weight is 428 g/mol. The number of aliphatic carboxylic acids is 1. The number of imidazole rings is 1. The van der Waals surface area contributed by atoms with Crippen molar-refractivity contribution in [3.63, 3.8) is 0 Å². The van der Waals surface area contributed by atoms with Crippen LogP contribution in [0.4, 0.5) is 5.82 Å². The largest absolute Gasteiger partial charge is 0.481 e. The van der Waals surface area contributed by atoms with Crippen molar-refractivity contribution in [2.75, 3.05) is 18.9 Å². The number of carbonyl (C=O) groups is 1. The lowest BCUT2D eigenvalue weighted by molar-refractivity contribution is -0.136. The predicted molar refractivity (Wildman–Crippen MR) is 117 cm³/mol. The number of fused-ring (bicyclic) bond motifs is 1. The molecule has 0 aliphatic carbocycles. The highest BCUT2D eigenvalue weighted by atomic mass is 16.5. The molecule has 31 heavy (non-hydrogen) atoms. The summed E-state index contributed by atoms with van der Waals surface area (Å²) in [5.74, 6) is -0.651. The molecule has 2 aromatic heterocycles. The third-order valence-electron chi connectivity index (χ3n) is 4.80. The standard InChI is InChI=1S/C21H28N6O4/c1-2-3-11-31-20-25-18(22)17-19(26-20)27(21(30)24-17)10-4-9-23-13-15-7-5-14(6-8-15)12-16(28)29/h5-8,23H,2-4,9-13H2,1H3,(H,24,30)(H,28,29)(H2,22,25,26). The van der Waals surface area contributed by atoms with E-state index >= 15 is 0 Å². The Balaban J connectivity index is 1.55. The number of unbranched alkanes of at least 4 members (excludes halogenated alkanes) is 1. The Morgan fingerprint density at radius 2 is 1.97 bits per heavy atom. The van der Waals surface area contributed by atoms with E-state index in [0.717, 1.165) is 24.0 Å². The van der Waals surface area contributed by atoms with Crippen molar-refractivity contribution in [1.29, 1.82) is 0 Å². The van der Waals surface area contributed by atoms with E-state index < -0.39 is 5.97 Å². The van der Waals surface area contributed by atoms with Gasteiger partial charge in [-0.25, -0.2) is 4.79 Å². The van der Waals surface area contributed by atoms with Gasteiger partial charge in [-0.1, -0.05) is 37.6 Å². The number of nitrogens with two attached hydrogens (primary N) is 1. The number of benzene rings is 1. The number of ether oxygens (including phenoxy) is 1. The molecule has 0 spiro atoms. The molecular formula is C21H28N6O4. The van der Waals surface area contributed by atoms with E-state index in [2.05, 4.69) is 27.2 Å². The minimum Gasteiger partial charge on any atom is -0.481 e. The third-order valence-corrected chi connectivity index (χ3v) is 4.80. The van der Waals surface area contributed by atoms with Crippen LogP contribution >= 0.6 is 0 Å². The number of rotatable bonds is 12. The lowest BCUT2D eigenvalue weighted by Gasteiger charge is -2.08. The number of aryl methyl sites for hydroxylation is 1. The summed E-state index contributed by atoms with van der Waals surface area (Å²) in [4.78, 5) is 34.3. The average Bonchev–Trinajstić information content (AvgIpc) is 3.05. The maximum absolute atomic E-state index is 12.3. The smallest absolute Gasteiger partial charge is 0.327 e. The van der Waals surface area contributed by atoms with Crippen LogP contribution in [0.3, 0.4) is 0 Å². The first-order valence-electron chi connectivity index (χ1n) is 10.4. The summed E-state index contributed by atoms with van der Waals surface area (Å²) in [7, 11) is 0. The van der Waals surface area contributed by atoms with Gasteiger partial charge >= 0.3 is 17.7 Å². The van der Waals surface area contributed by atoms with Crippen LogP contribution in [0, 0.1) is 0 Å². The molecule has 0 radical (unpaired) electrons. The van der Waals surface area contributed by atoms with Crippen LogP contribution < -0.4 is 21.5 Å². The van der Waals surface area contributed by atoms with Gasteiger partial charge in [0.25, 0.3) is 0 Å². The maximum atomic E-state index is 12.3. The Hall–Kier alpha value is -3.40. The highest BCUT2D eigenvalue weighted by Crippen LogP contribution is 2.18. The second kappa shape index (κ2) is 10.6. The van der Waals surface area contributed by atoms with E-state index in [0.29, 0.717) is 43.8 Å². The van der Waals surface area contributed by atoms with Crippen molar-refractivity contribution >= 4 is 23.0 Å². The Morgan fingerprint density at radius 3 is 2.68 bits per heavy atom. The van der Waals surface area contributed by atoms with Gasteiger partial charge in [0.15, 0.2) is 11.5 Å². The number of carboxylic acids is 1. The zero-order valence-electron chi connectivity index (χ0n) is 17.6. The second-order valence-corrected chi connectivity index (χ2v) is 7.29. The normalized spacial score (nSPS) is 11.1. The van der Waals surface area contributed by atoms with E-state index in [-0.39, 0.29) is 23.9 Å². The second-order valence-electron chi connectivity index (χ2n) is 7.29. The molecule has 166 valence electrons. The third kappa shape index (κ3) is 6.05. The highest BCUT2D eigenvalue weighted by molar-refractivity contribution is 5.81. The summed E-state index contributed by atoms with van der Waals surface area (Å²) >= 11 is 0. The van der Waals surface area contributed by atoms with Gasteiger partial charge in [-0.05, 0) is 30.5 Å². The minimum atomic E-state index is -0.843. The van der Waals surface area contributed by atoms with Gasteiger partial charge in [0.05, 0.1) is 13.0 Å². The van der Waals surface area contributed by atoms with Gasteiger partial charge in [0.1, 0.15) is 5.52 Å². The Labute approximate surface area is 179 Å². The van der Waals surface area contributed by atoms with Crippen molar-refractivity contribution in [2.45, 2.75) is 45.7 Å². The molecule has 3 rings (SSSR count). The molecule has 0 amide bonds. The monoisotopic (exact) mass is 428 g/mol. The van der Waals surface area contributed by atoms with Crippen molar-refractivity contribution in [3.8, 4) is 6.01 Å². The molecule has 0 atom stereocenters. The number of hydrogen-bond donors (Lipinski definition) is 4. The number of aromatic nitrogens is 4. The van der Waals surface area contributed by atoms with Crippen LogP contribution in [0.1, 0.15) is 37.3 Å². The van der Waals surface area contributed by atoms with Crippen molar-refractivity contribution in [1.82, 2.24) is 24.8 Å². The lowest BCUT2D eigenvalue weighted by atomic mass is 10.1. The van der Waals surface area contributed by atoms with Gasteiger partial charge in [-0.15, -0.1) is 0 Å². The topological polar surface area (TPSA) is 148 Å². The predicted octanol–water partition coefficient (Wildman–Crippen LogP) is 1.69. The summed E-state index contributed by atoms with van der Waals surface area (Å²) in [5.41, 5.74) is 8.38. The summed E-state index contributed by atoms with van der Waals surface area (Å²) in [6.07, 6.45) is 2.60. The number of nitrogen functional groups attached to an aromatic ring is 1. The molecule has 3 aromatic rings. The SMILES string of the molecule is CCCCOc1nc(N)c2[nH]c(=O)n(CCCNCc3ccc(CC(=O)O)cc3)c2n1. The molecule has 2 heterocycles. The van der Waals surface area contributed by atoms with Crippen molar-refractivity contribution in [3.05, 3.63) is 45.9 Å². The molecule has 5 N–H and O–H groups in total. The molecule has 0 saturated heterocycles. The first-order chi connectivity index (χ1) is 15.0. The number of carboxylic acid groups (broad SMARTS) is 1. The lowest BCUT2D eigenvalue weighted by Crippen LogP contribution is -2.21. The number of nitrogens with one attached hydrogen (secondary N) is 2. The molecule has 0 aliphatic heterocycles. The van der Waals surface area contributed by atoms with E-state index in [1.807, 2.05) is 24.3 Å². The number of H-pyrrole nitrogens is 1. The quantitative estimate of drug-likeness (QED) is 0.319. The number of anilines is 1. The molecule has 10 nitrogen and oxygen atoms in total. The fourth-order valence-electron chi connectivity index (χ4n) is 3.16. The van der Waals surface area contributed by atoms with Gasteiger partial charge in [-0.3, -0.25) is 9.36 Å².